The number of nitrogens with one attached hydrogen (secondary N) is 2. The highest BCUT2D eigenvalue weighted by Gasteiger charge is 2.05. The molecule has 0 aliphatic rings. The second kappa shape index (κ2) is 10.6. The number of benzene rings is 1. The van der Waals surface area contributed by atoms with Crippen molar-refractivity contribution in [3.05, 3.63) is 53.6 Å². The molecule has 1 atom stereocenters. The van der Waals surface area contributed by atoms with Crippen molar-refractivity contribution in [1.29, 1.82) is 0 Å². The Hall–Kier alpha value is -2.30. The van der Waals surface area contributed by atoms with Crippen LogP contribution in [0.4, 0.5) is 0 Å². The zero-order chi connectivity index (χ0) is 18.8. The highest BCUT2D eigenvalue weighted by atomic mass is 15.2. The van der Waals surface area contributed by atoms with Gasteiger partial charge in [0.25, 0.3) is 0 Å². The fourth-order valence-corrected chi connectivity index (χ4v) is 2.82. The summed E-state index contributed by atoms with van der Waals surface area (Å²) in [4.78, 5) is 9.01. The van der Waals surface area contributed by atoms with Crippen LogP contribution in [-0.2, 0) is 6.54 Å². The van der Waals surface area contributed by atoms with Gasteiger partial charge in [-0.1, -0.05) is 36.8 Å². The van der Waals surface area contributed by atoms with Gasteiger partial charge in [-0.3, -0.25) is 4.99 Å². The van der Waals surface area contributed by atoms with E-state index in [2.05, 4.69) is 65.2 Å². The lowest BCUT2D eigenvalue weighted by Crippen LogP contribution is -2.38. The lowest BCUT2D eigenvalue weighted by Gasteiger charge is -2.14. The molecule has 5 nitrogen and oxygen atoms in total. The minimum Gasteiger partial charge on any atom is -0.357 e. The average molecular weight is 356 g/mol. The first kappa shape index (κ1) is 20.0. The molecule has 0 aliphatic heterocycles. The van der Waals surface area contributed by atoms with Gasteiger partial charge in [0.15, 0.2) is 5.96 Å². The van der Waals surface area contributed by atoms with Crippen molar-refractivity contribution in [2.75, 3.05) is 19.6 Å². The molecule has 2 aromatic rings. The van der Waals surface area contributed by atoms with Gasteiger partial charge in [0.1, 0.15) is 5.82 Å². The van der Waals surface area contributed by atoms with Gasteiger partial charge in [-0.15, -0.1) is 0 Å². The quantitative estimate of drug-likeness (QED) is 0.410. The van der Waals surface area contributed by atoms with Gasteiger partial charge in [0.2, 0.25) is 0 Å². The molecule has 0 aliphatic carbocycles. The summed E-state index contributed by atoms with van der Waals surface area (Å²) in [5.74, 6) is 2.40. The fraction of sp³-hybridized carbons (Fsp3) is 0.524. The molecule has 0 saturated carbocycles. The van der Waals surface area contributed by atoms with Crippen molar-refractivity contribution in [2.45, 2.75) is 53.0 Å². The first-order valence-electron chi connectivity index (χ1n) is 9.66. The van der Waals surface area contributed by atoms with Crippen LogP contribution in [0.25, 0.3) is 0 Å². The Morgan fingerprint density at radius 2 is 1.92 bits per heavy atom. The van der Waals surface area contributed by atoms with Gasteiger partial charge in [-0.2, -0.15) is 0 Å². The van der Waals surface area contributed by atoms with Crippen molar-refractivity contribution in [2.24, 2.45) is 4.99 Å². The lowest BCUT2D eigenvalue weighted by molar-refractivity contribution is 0.588. The lowest BCUT2D eigenvalue weighted by atomic mass is 10.0. The molecular weight excluding hydrogens is 322 g/mol. The maximum Gasteiger partial charge on any atom is 0.191 e. The van der Waals surface area contributed by atoms with Crippen molar-refractivity contribution in [1.82, 2.24) is 20.2 Å². The molecule has 26 heavy (non-hydrogen) atoms. The van der Waals surface area contributed by atoms with Crippen molar-refractivity contribution < 1.29 is 0 Å². The van der Waals surface area contributed by atoms with Crippen molar-refractivity contribution in [3.63, 3.8) is 0 Å². The molecule has 0 bridgehead atoms. The molecule has 5 heteroatoms. The number of hydrogen-bond acceptors (Lipinski definition) is 2. The van der Waals surface area contributed by atoms with E-state index in [-0.39, 0.29) is 0 Å². The Morgan fingerprint density at radius 3 is 2.58 bits per heavy atom. The summed E-state index contributed by atoms with van der Waals surface area (Å²) in [5.41, 5.74) is 2.64. The predicted molar refractivity (Wildman–Crippen MR) is 110 cm³/mol. The van der Waals surface area contributed by atoms with Crippen LogP contribution in [0.1, 0.15) is 49.6 Å². The van der Waals surface area contributed by atoms with Crippen LogP contribution in [0.2, 0.25) is 0 Å². The minimum absolute atomic E-state index is 0.412. The van der Waals surface area contributed by atoms with E-state index in [1.165, 1.54) is 11.1 Å². The molecule has 2 rings (SSSR count). The zero-order valence-corrected chi connectivity index (χ0v) is 16.6. The van der Waals surface area contributed by atoms with Crippen LogP contribution in [0.15, 0.2) is 41.7 Å². The van der Waals surface area contributed by atoms with Crippen LogP contribution in [0.5, 0.6) is 0 Å². The number of nitrogens with zero attached hydrogens (tertiary/aromatic N) is 3. The molecule has 0 saturated heterocycles. The number of imidazole rings is 1. The van der Waals surface area contributed by atoms with Gasteiger partial charge in [-0.25, -0.2) is 4.98 Å². The number of rotatable bonds is 9. The summed E-state index contributed by atoms with van der Waals surface area (Å²) in [6.45, 7) is 12.1. The third-order valence-corrected chi connectivity index (χ3v) is 4.56. The Balaban J connectivity index is 1.75. The monoisotopic (exact) mass is 355 g/mol. The van der Waals surface area contributed by atoms with Crippen molar-refractivity contribution in [3.8, 4) is 0 Å². The normalized spacial score (nSPS) is 12.8. The third-order valence-electron chi connectivity index (χ3n) is 4.56. The van der Waals surface area contributed by atoms with Gasteiger partial charge < -0.3 is 15.2 Å². The zero-order valence-electron chi connectivity index (χ0n) is 16.6. The maximum atomic E-state index is 4.75. The molecule has 142 valence electrons. The van der Waals surface area contributed by atoms with E-state index < -0.39 is 0 Å². The SMILES string of the molecule is CCNC(=NCC(C)c1ccc(C)cc1)NCCCCn1ccnc1C. The van der Waals surface area contributed by atoms with Gasteiger partial charge >= 0.3 is 0 Å². The van der Waals surface area contributed by atoms with E-state index in [0.717, 1.165) is 50.8 Å². The average Bonchev–Trinajstić information content (AvgIpc) is 3.04. The van der Waals surface area contributed by atoms with Crippen LogP contribution >= 0.6 is 0 Å². The van der Waals surface area contributed by atoms with Crippen molar-refractivity contribution >= 4 is 5.96 Å². The number of aromatic nitrogens is 2. The molecule has 1 heterocycles. The summed E-state index contributed by atoms with van der Waals surface area (Å²) < 4.78 is 2.20. The Labute approximate surface area is 158 Å². The summed E-state index contributed by atoms with van der Waals surface area (Å²) in [5, 5.41) is 6.78. The Bertz CT molecular complexity index is 672. The van der Waals surface area contributed by atoms with E-state index in [1.54, 1.807) is 0 Å². The summed E-state index contributed by atoms with van der Waals surface area (Å²) >= 11 is 0. The minimum atomic E-state index is 0.412. The van der Waals surface area contributed by atoms with E-state index in [4.69, 9.17) is 4.99 Å². The molecular formula is C21H33N5. The number of aliphatic imine (C=N–C) groups is 1. The van der Waals surface area contributed by atoms with Crippen LogP contribution < -0.4 is 10.6 Å². The molecule has 1 aromatic carbocycles. The first-order valence-corrected chi connectivity index (χ1v) is 9.66. The molecule has 0 radical (unpaired) electrons. The second-order valence-electron chi connectivity index (χ2n) is 6.83. The smallest absolute Gasteiger partial charge is 0.191 e. The number of unbranched alkanes of at least 4 members (excludes halogenated alkanes) is 1. The van der Waals surface area contributed by atoms with E-state index >= 15 is 0 Å². The highest BCUT2D eigenvalue weighted by molar-refractivity contribution is 5.79. The Kier molecular flexibility index (Phi) is 8.19. The predicted octanol–water partition coefficient (Wildman–Crippen LogP) is 3.64. The molecule has 0 fully saturated rings. The van der Waals surface area contributed by atoms with E-state index in [9.17, 15) is 0 Å². The number of aryl methyl sites for hydroxylation is 3. The fourth-order valence-electron chi connectivity index (χ4n) is 2.82. The molecule has 2 N–H and O–H groups in total. The van der Waals surface area contributed by atoms with E-state index in [0.29, 0.717) is 5.92 Å². The molecule has 0 amide bonds. The summed E-state index contributed by atoms with van der Waals surface area (Å²) in [6, 6.07) is 8.74. The largest absolute Gasteiger partial charge is 0.357 e. The molecule has 1 aromatic heterocycles. The van der Waals surface area contributed by atoms with Crippen LogP contribution in [0.3, 0.4) is 0 Å². The molecule has 1 unspecified atom stereocenters. The maximum absolute atomic E-state index is 4.75. The van der Waals surface area contributed by atoms with Gasteiger partial charge in [0, 0.05) is 44.5 Å². The first-order chi connectivity index (χ1) is 12.6. The number of guanidine groups is 1. The van der Waals surface area contributed by atoms with Crippen LogP contribution in [-0.4, -0.2) is 35.1 Å². The van der Waals surface area contributed by atoms with Crippen LogP contribution in [0, 0.1) is 13.8 Å². The van der Waals surface area contributed by atoms with Gasteiger partial charge in [-0.05, 0) is 39.2 Å². The highest BCUT2D eigenvalue weighted by Crippen LogP contribution is 2.15. The molecule has 0 spiro atoms. The summed E-state index contributed by atoms with van der Waals surface area (Å²) in [6.07, 6.45) is 6.14. The second-order valence-corrected chi connectivity index (χ2v) is 6.83. The third kappa shape index (κ3) is 6.54. The topological polar surface area (TPSA) is 54.2 Å². The number of hydrogen-bond donors (Lipinski definition) is 2. The standard InChI is InChI=1S/C21H33N5/c1-5-22-21(24-12-6-7-14-26-15-13-23-19(26)4)25-16-18(3)20-10-8-17(2)9-11-20/h8-11,13,15,18H,5-7,12,14,16H2,1-4H3,(H2,22,24,25). The van der Waals surface area contributed by atoms with E-state index in [1.807, 2.05) is 19.3 Å². The van der Waals surface area contributed by atoms with Gasteiger partial charge in [0.05, 0.1) is 0 Å². The summed E-state index contributed by atoms with van der Waals surface area (Å²) in [7, 11) is 0. The Morgan fingerprint density at radius 1 is 1.15 bits per heavy atom.